The van der Waals surface area contributed by atoms with Gasteiger partial charge in [0.05, 0.1) is 0 Å². The van der Waals surface area contributed by atoms with Gasteiger partial charge in [0.1, 0.15) is 10.4 Å². The molecule has 20 heavy (non-hydrogen) atoms. The number of halogens is 2. The Labute approximate surface area is 124 Å². The molecule has 3 rings (SSSR count). The van der Waals surface area contributed by atoms with Crippen molar-refractivity contribution in [2.24, 2.45) is 13.0 Å². The van der Waals surface area contributed by atoms with E-state index in [0.717, 1.165) is 16.6 Å². The number of aromatic nitrogens is 2. The van der Waals surface area contributed by atoms with Crippen LogP contribution in [0.15, 0.2) is 34.9 Å². The number of aryl methyl sites for hydroxylation is 1. The Kier molecular flexibility index (Phi) is 3.33. The molecule has 0 saturated heterocycles. The molecular formula is C14H13BrFN3O. The summed E-state index contributed by atoms with van der Waals surface area (Å²) in [5, 5.41) is 6.96. The number of nitrogens with one attached hydrogen (secondary N) is 1. The maximum Gasteiger partial charge on any atom is 0.229 e. The normalized spacial score (nSPS) is 20.8. The zero-order valence-corrected chi connectivity index (χ0v) is 12.4. The van der Waals surface area contributed by atoms with Crippen molar-refractivity contribution < 1.29 is 9.18 Å². The molecule has 0 spiro atoms. The van der Waals surface area contributed by atoms with Gasteiger partial charge in [0.15, 0.2) is 5.82 Å². The van der Waals surface area contributed by atoms with Crippen LogP contribution in [0.5, 0.6) is 0 Å². The third-order valence-electron chi connectivity index (χ3n) is 3.50. The molecule has 0 aliphatic heterocycles. The molecule has 1 N–H and O–H groups in total. The zero-order chi connectivity index (χ0) is 14.3. The summed E-state index contributed by atoms with van der Waals surface area (Å²) in [5.74, 6) is 0.372. The lowest BCUT2D eigenvalue weighted by Gasteiger charge is -2.02. The van der Waals surface area contributed by atoms with Crippen molar-refractivity contribution in [2.75, 3.05) is 5.32 Å². The molecule has 0 unspecified atom stereocenters. The molecule has 2 atom stereocenters. The molecule has 1 aromatic heterocycles. The first-order chi connectivity index (χ1) is 9.54. The monoisotopic (exact) mass is 337 g/mol. The average molecular weight is 338 g/mol. The van der Waals surface area contributed by atoms with E-state index in [4.69, 9.17) is 0 Å². The molecular weight excluding hydrogens is 325 g/mol. The SMILES string of the molecule is Cn1nc(NC(=O)[C@H]2C[C@H]2c2ccc(F)cc2)cc1Br. The van der Waals surface area contributed by atoms with Crippen molar-refractivity contribution in [3.63, 3.8) is 0 Å². The highest BCUT2D eigenvalue weighted by atomic mass is 79.9. The molecule has 0 bridgehead atoms. The van der Waals surface area contributed by atoms with Crippen LogP contribution in [0.3, 0.4) is 0 Å². The van der Waals surface area contributed by atoms with Crippen molar-refractivity contribution in [2.45, 2.75) is 12.3 Å². The van der Waals surface area contributed by atoms with Gasteiger partial charge in [0.25, 0.3) is 0 Å². The van der Waals surface area contributed by atoms with E-state index < -0.39 is 0 Å². The zero-order valence-electron chi connectivity index (χ0n) is 10.8. The van der Waals surface area contributed by atoms with E-state index >= 15 is 0 Å². The predicted molar refractivity (Wildman–Crippen MR) is 76.8 cm³/mol. The van der Waals surface area contributed by atoms with E-state index in [1.165, 1.54) is 12.1 Å². The van der Waals surface area contributed by atoms with Gasteiger partial charge in [-0.15, -0.1) is 0 Å². The van der Waals surface area contributed by atoms with E-state index in [1.807, 2.05) is 0 Å². The van der Waals surface area contributed by atoms with Crippen molar-refractivity contribution in [3.05, 3.63) is 46.3 Å². The minimum atomic E-state index is -0.256. The Bertz CT molecular complexity index is 633. The molecule has 1 aromatic carbocycles. The fraction of sp³-hybridized carbons (Fsp3) is 0.286. The van der Waals surface area contributed by atoms with Crippen LogP contribution in [0.1, 0.15) is 17.9 Å². The van der Waals surface area contributed by atoms with E-state index in [9.17, 15) is 9.18 Å². The second-order valence-electron chi connectivity index (χ2n) is 4.97. The van der Waals surface area contributed by atoms with Gasteiger partial charge in [0.2, 0.25) is 5.91 Å². The standard InChI is InChI=1S/C14H13BrFN3O/c1-19-12(15)7-13(18-19)17-14(20)11-6-10(11)8-2-4-9(16)5-3-8/h2-5,7,10-11H,6H2,1H3,(H,17,18,20)/t10-,11-/m0/s1. The quantitative estimate of drug-likeness (QED) is 0.935. The Hall–Kier alpha value is -1.69. The van der Waals surface area contributed by atoms with Gasteiger partial charge in [-0.05, 0) is 46.0 Å². The van der Waals surface area contributed by atoms with Crippen molar-refractivity contribution in [1.82, 2.24) is 9.78 Å². The molecule has 0 radical (unpaired) electrons. The number of amides is 1. The summed E-state index contributed by atoms with van der Waals surface area (Å²) in [4.78, 5) is 12.1. The maximum atomic E-state index is 12.9. The maximum absolute atomic E-state index is 12.9. The van der Waals surface area contributed by atoms with E-state index in [0.29, 0.717) is 5.82 Å². The topological polar surface area (TPSA) is 46.9 Å². The van der Waals surface area contributed by atoms with E-state index in [-0.39, 0.29) is 23.6 Å². The van der Waals surface area contributed by atoms with Gasteiger partial charge in [-0.1, -0.05) is 12.1 Å². The largest absolute Gasteiger partial charge is 0.309 e. The number of hydrogen-bond donors (Lipinski definition) is 1. The number of carbonyl (C=O) groups excluding carboxylic acids is 1. The second kappa shape index (κ2) is 5.01. The first-order valence-electron chi connectivity index (χ1n) is 6.30. The van der Waals surface area contributed by atoms with Crippen molar-refractivity contribution in [3.8, 4) is 0 Å². The molecule has 1 heterocycles. The van der Waals surface area contributed by atoms with Crippen LogP contribution in [0, 0.1) is 11.7 Å². The lowest BCUT2D eigenvalue weighted by molar-refractivity contribution is -0.117. The van der Waals surface area contributed by atoms with Gasteiger partial charge in [-0.2, -0.15) is 5.10 Å². The Balaban J connectivity index is 1.64. The lowest BCUT2D eigenvalue weighted by Crippen LogP contribution is -2.15. The summed E-state index contributed by atoms with van der Waals surface area (Å²) in [6, 6.07) is 8.10. The van der Waals surface area contributed by atoms with E-state index in [2.05, 4.69) is 26.3 Å². The molecule has 1 amide bonds. The molecule has 6 heteroatoms. The molecule has 1 aliphatic rings. The fourth-order valence-electron chi connectivity index (χ4n) is 2.29. The first kappa shape index (κ1) is 13.3. The van der Waals surface area contributed by atoms with Crippen molar-refractivity contribution >= 4 is 27.7 Å². The second-order valence-corrected chi connectivity index (χ2v) is 5.78. The fourth-order valence-corrected chi connectivity index (χ4v) is 2.58. The highest BCUT2D eigenvalue weighted by Crippen LogP contribution is 2.47. The number of benzene rings is 1. The Morgan fingerprint density at radius 2 is 2.15 bits per heavy atom. The highest BCUT2D eigenvalue weighted by Gasteiger charge is 2.44. The van der Waals surface area contributed by atoms with Crippen molar-refractivity contribution in [1.29, 1.82) is 0 Å². The van der Waals surface area contributed by atoms with Crippen LogP contribution in [-0.4, -0.2) is 15.7 Å². The molecule has 1 saturated carbocycles. The lowest BCUT2D eigenvalue weighted by atomic mass is 10.1. The third kappa shape index (κ3) is 2.60. The molecule has 2 aromatic rings. The summed E-state index contributed by atoms with van der Waals surface area (Å²) < 4.78 is 15.3. The number of nitrogens with zero attached hydrogens (tertiary/aromatic N) is 2. The predicted octanol–water partition coefficient (Wildman–Crippen LogP) is 3.06. The van der Waals surface area contributed by atoms with E-state index in [1.54, 1.807) is 29.9 Å². The van der Waals surface area contributed by atoms with Gasteiger partial charge in [-0.25, -0.2) is 4.39 Å². The summed E-state index contributed by atoms with van der Waals surface area (Å²) in [6.07, 6.45) is 0.797. The van der Waals surface area contributed by atoms with Crippen LogP contribution in [0.4, 0.5) is 10.2 Å². The van der Waals surface area contributed by atoms with Crippen LogP contribution in [0.2, 0.25) is 0 Å². The number of carbonyl (C=O) groups is 1. The summed E-state index contributed by atoms with van der Waals surface area (Å²) in [5.41, 5.74) is 1.01. The molecule has 104 valence electrons. The summed E-state index contributed by atoms with van der Waals surface area (Å²) in [7, 11) is 1.79. The smallest absolute Gasteiger partial charge is 0.229 e. The Morgan fingerprint density at radius 1 is 1.45 bits per heavy atom. The van der Waals surface area contributed by atoms with Crippen LogP contribution in [0.25, 0.3) is 0 Å². The van der Waals surface area contributed by atoms with Gasteiger partial charge < -0.3 is 5.32 Å². The van der Waals surface area contributed by atoms with Gasteiger partial charge >= 0.3 is 0 Å². The summed E-state index contributed by atoms with van der Waals surface area (Å²) in [6.45, 7) is 0. The summed E-state index contributed by atoms with van der Waals surface area (Å²) >= 11 is 3.33. The number of rotatable bonds is 3. The average Bonchev–Trinajstić information content (AvgIpc) is 3.13. The highest BCUT2D eigenvalue weighted by molar-refractivity contribution is 9.10. The third-order valence-corrected chi connectivity index (χ3v) is 4.24. The number of hydrogen-bond acceptors (Lipinski definition) is 2. The number of anilines is 1. The minimum absolute atomic E-state index is 0.0371. The van der Waals surface area contributed by atoms with Crippen LogP contribution in [-0.2, 0) is 11.8 Å². The van der Waals surface area contributed by atoms with Gasteiger partial charge in [0, 0.05) is 19.0 Å². The van der Waals surface area contributed by atoms with Crippen LogP contribution < -0.4 is 5.32 Å². The van der Waals surface area contributed by atoms with Crippen LogP contribution >= 0.6 is 15.9 Å². The minimum Gasteiger partial charge on any atom is -0.309 e. The molecule has 1 fully saturated rings. The Morgan fingerprint density at radius 3 is 2.75 bits per heavy atom. The molecule has 4 nitrogen and oxygen atoms in total. The molecule has 1 aliphatic carbocycles. The van der Waals surface area contributed by atoms with Gasteiger partial charge in [-0.3, -0.25) is 9.48 Å². The first-order valence-corrected chi connectivity index (χ1v) is 7.10.